The maximum Gasteiger partial charge on any atom is 0.202 e. The SMILES string of the molecule is CC(C)=CCC/C(C)=C/C[C@@]12O[C@]1(CC=C(C)C)C(=O)c1c(cc(O)c(C)c1O)C2=O. The van der Waals surface area contributed by atoms with Gasteiger partial charge in [-0.2, -0.15) is 0 Å². The van der Waals surface area contributed by atoms with Crippen molar-refractivity contribution in [3.63, 3.8) is 0 Å². The average Bonchev–Trinajstić information content (AvgIpc) is 3.38. The van der Waals surface area contributed by atoms with Gasteiger partial charge in [-0.3, -0.25) is 9.59 Å². The van der Waals surface area contributed by atoms with Crippen LogP contribution in [0.3, 0.4) is 0 Å². The fourth-order valence-electron chi connectivity index (χ4n) is 4.27. The summed E-state index contributed by atoms with van der Waals surface area (Å²) >= 11 is 0. The summed E-state index contributed by atoms with van der Waals surface area (Å²) in [4.78, 5) is 27.1. The summed E-state index contributed by atoms with van der Waals surface area (Å²) in [5.74, 6) is -1.31. The Morgan fingerprint density at radius 2 is 1.52 bits per heavy atom. The Kier molecular flexibility index (Phi) is 6.03. The van der Waals surface area contributed by atoms with Gasteiger partial charge in [-0.1, -0.05) is 34.9 Å². The second kappa shape index (κ2) is 8.12. The average molecular weight is 425 g/mol. The number of phenols is 2. The van der Waals surface area contributed by atoms with Gasteiger partial charge in [-0.25, -0.2) is 0 Å². The highest BCUT2D eigenvalue weighted by atomic mass is 16.6. The van der Waals surface area contributed by atoms with Crippen LogP contribution in [-0.2, 0) is 4.74 Å². The maximum atomic E-state index is 13.5. The molecule has 1 aliphatic carbocycles. The van der Waals surface area contributed by atoms with E-state index in [1.165, 1.54) is 18.6 Å². The molecule has 0 unspecified atom stereocenters. The molecule has 2 atom stereocenters. The Hall–Kier alpha value is -2.66. The number of rotatable bonds is 7. The van der Waals surface area contributed by atoms with Crippen molar-refractivity contribution < 1.29 is 24.5 Å². The first kappa shape index (κ1) is 23.0. The number of epoxide rings is 1. The van der Waals surface area contributed by atoms with Crippen LogP contribution in [0, 0.1) is 6.92 Å². The molecule has 2 aliphatic rings. The van der Waals surface area contributed by atoms with Crippen LogP contribution in [0.4, 0.5) is 0 Å². The number of ketones is 2. The number of aromatic hydroxyl groups is 2. The van der Waals surface area contributed by atoms with Gasteiger partial charge in [0, 0.05) is 24.0 Å². The molecule has 0 radical (unpaired) electrons. The molecule has 0 spiro atoms. The minimum absolute atomic E-state index is 0.0338. The van der Waals surface area contributed by atoms with Gasteiger partial charge in [0.25, 0.3) is 0 Å². The molecule has 1 aromatic carbocycles. The van der Waals surface area contributed by atoms with Crippen LogP contribution in [0.25, 0.3) is 0 Å². The van der Waals surface area contributed by atoms with Gasteiger partial charge in [0.05, 0.1) is 5.56 Å². The summed E-state index contributed by atoms with van der Waals surface area (Å²) < 4.78 is 6.05. The Morgan fingerprint density at radius 3 is 2.13 bits per heavy atom. The van der Waals surface area contributed by atoms with Gasteiger partial charge in [0.15, 0.2) is 17.0 Å². The topological polar surface area (TPSA) is 87.1 Å². The largest absolute Gasteiger partial charge is 0.508 e. The number of benzene rings is 1. The predicted molar refractivity (Wildman–Crippen MR) is 121 cm³/mol. The molecule has 1 heterocycles. The second-order valence-corrected chi connectivity index (χ2v) is 9.27. The normalized spacial score (nSPS) is 24.4. The number of carbonyl (C=O) groups excluding carboxylic acids is 2. The zero-order valence-electron chi connectivity index (χ0n) is 19.3. The lowest BCUT2D eigenvalue weighted by Gasteiger charge is -2.25. The summed E-state index contributed by atoms with van der Waals surface area (Å²) in [6.45, 7) is 11.5. The zero-order chi connectivity index (χ0) is 23.1. The molecule has 166 valence electrons. The highest BCUT2D eigenvalue weighted by Gasteiger charge is 2.79. The van der Waals surface area contributed by atoms with Crippen molar-refractivity contribution in [2.24, 2.45) is 0 Å². The van der Waals surface area contributed by atoms with Gasteiger partial charge < -0.3 is 14.9 Å². The Bertz CT molecular complexity index is 1030. The highest BCUT2D eigenvalue weighted by Crippen LogP contribution is 2.61. The first-order valence-electron chi connectivity index (χ1n) is 10.7. The van der Waals surface area contributed by atoms with Crippen LogP contribution in [0.1, 0.15) is 86.6 Å². The van der Waals surface area contributed by atoms with Crippen molar-refractivity contribution >= 4 is 11.6 Å². The van der Waals surface area contributed by atoms with Crippen LogP contribution in [-0.4, -0.2) is 33.0 Å². The second-order valence-electron chi connectivity index (χ2n) is 9.27. The van der Waals surface area contributed by atoms with E-state index in [-0.39, 0.29) is 46.8 Å². The van der Waals surface area contributed by atoms with Crippen LogP contribution in [0.15, 0.2) is 41.0 Å². The third-order valence-electron chi connectivity index (χ3n) is 6.32. The van der Waals surface area contributed by atoms with E-state index in [2.05, 4.69) is 19.9 Å². The van der Waals surface area contributed by atoms with E-state index in [0.29, 0.717) is 0 Å². The summed E-state index contributed by atoms with van der Waals surface area (Å²) in [7, 11) is 0. The molecule has 3 rings (SSSR count). The molecule has 1 saturated heterocycles. The molecule has 0 bridgehead atoms. The number of Topliss-reactive ketones (excluding diaryl/α,β-unsaturated/α-hetero) is 2. The molecule has 31 heavy (non-hydrogen) atoms. The fourth-order valence-corrected chi connectivity index (χ4v) is 4.27. The molecular weight excluding hydrogens is 392 g/mol. The summed E-state index contributed by atoms with van der Waals surface area (Å²) in [6, 6.07) is 1.28. The van der Waals surface area contributed by atoms with Crippen LogP contribution in [0.2, 0.25) is 0 Å². The molecule has 1 aromatic rings. The number of ether oxygens (including phenoxy) is 1. The first-order valence-corrected chi connectivity index (χ1v) is 10.7. The van der Waals surface area contributed by atoms with Crippen molar-refractivity contribution in [1.29, 1.82) is 0 Å². The molecule has 1 aliphatic heterocycles. The van der Waals surface area contributed by atoms with Crippen LogP contribution < -0.4 is 0 Å². The lowest BCUT2D eigenvalue weighted by molar-refractivity contribution is 0.0837. The number of fused-ring (bicyclic) bond motifs is 2. The van der Waals surface area contributed by atoms with Crippen LogP contribution >= 0.6 is 0 Å². The van der Waals surface area contributed by atoms with Crippen LogP contribution in [0.5, 0.6) is 11.5 Å². The predicted octanol–water partition coefficient (Wildman–Crippen LogP) is 5.73. The minimum atomic E-state index is -1.31. The van der Waals surface area contributed by atoms with E-state index in [9.17, 15) is 19.8 Å². The number of allylic oxidation sites excluding steroid dienone is 4. The maximum absolute atomic E-state index is 13.5. The van der Waals surface area contributed by atoms with Gasteiger partial charge in [0.1, 0.15) is 11.5 Å². The smallest absolute Gasteiger partial charge is 0.202 e. The van der Waals surface area contributed by atoms with Crippen molar-refractivity contribution in [3.05, 3.63) is 57.7 Å². The Morgan fingerprint density at radius 1 is 0.935 bits per heavy atom. The number of hydrogen-bond donors (Lipinski definition) is 2. The third-order valence-corrected chi connectivity index (χ3v) is 6.32. The zero-order valence-corrected chi connectivity index (χ0v) is 19.3. The number of hydrogen-bond acceptors (Lipinski definition) is 5. The van der Waals surface area contributed by atoms with E-state index >= 15 is 0 Å². The van der Waals surface area contributed by atoms with E-state index in [1.807, 2.05) is 32.9 Å². The highest BCUT2D eigenvalue weighted by molar-refractivity contribution is 6.26. The molecule has 1 fully saturated rings. The Balaban J connectivity index is 2.03. The molecule has 0 aromatic heterocycles. The molecule has 2 N–H and O–H groups in total. The summed E-state index contributed by atoms with van der Waals surface area (Å²) in [5, 5.41) is 20.7. The third kappa shape index (κ3) is 3.76. The number of phenolic OH excluding ortho intramolecular Hbond substituents is 2. The van der Waals surface area contributed by atoms with E-state index in [0.717, 1.165) is 24.0 Å². The van der Waals surface area contributed by atoms with E-state index in [4.69, 9.17) is 4.74 Å². The quantitative estimate of drug-likeness (QED) is 0.431. The lowest BCUT2D eigenvalue weighted by Crippen LogP contribution is -2.45. The van der Waals surface area contributed by atoms with E-state index in [1.54, 1.807) is 0 Å². The summed E-state index contributed by atoms with van der Waals surface area (Å²) in [5.41, 5.74) is 0.966. The molecule has 0 amide bonds. The molecular formula is C26H32O5. The monoisotopic (exact) mass is 424 g/mol. The lowest BCUT2D eigenvalue weighted by atomic mass is 9.70. The van der Waals surface area contributed by atoms with Gasteiger partial charge in [-0.05, 0) is 60.5 Å². The van der Waals surface area contributed by atoms with Crippen molar-refractivity contribution in [3.8, 4) is 11.5 Å². The molecule has 5 nitrogen and oxygen atoms in total. The fraction of sp³-hybridized carbons (Fsp3) is 0.462. The number of carbonyl (C=O) groups is 2. The standard InChI is InChI=1S/C26H32O5/c1-15(2)8-7-9-17(5)11-13-25-23(29)19-14-20(27)18(6)22(28)21(19)24(30)26(25,31-25)12-10-16(3)4/h8,10-11,14,27-28H,7,9,12-13H2,1-6H3/b17-11+/t25-,26+/m0/s1. The first-order chi connectivity index (χ1) is 14.5. The van der Waals surface area contributed by atoms with Crippen molar-refractivity contribution in [1.82, 2.24) is 0 Å². The Labute approximate surface area is 184 Å². The van der Waals surface area contributed by atoms with Gasteiger partial charge in [0.2, 0.25) is 5.78 Å². The van der Waals surface area contributed by atoms with Gasteiger partial charge >= 0.3 is 0 Å². The molecule has 5 heteroatoms. The summed E-state index contributed by atoms with van der Waals surface area (Å²) in [6.07, 6.45) is 8.37. The molecule has 0 saturated carbocycles. The van der Waals surface area contributed by atoms with E-state index < -0.39 is 17.0 Å². The van der Waals surface area contributed by atoms with Crippen molar-refractivity contribution in [2.75, 3.05) is 0 Å². The van der Waals surface area contributed by atoms with Gasteiger partial charge in [-0.15, -0.1) is 0 Å². The minimum Gasteiger partial charge on any atom is -0.508 e. The van der Waals surface area contributed by atoms with Crippen molar-refractivity contribution in [2.45, 2.75) is 78.4 Å².